The molecule has 0 spiro atoms. The second-order valence-corrected chi connectivity index (χ2v) is 7.98. The third kappa shape index (κ3) is 4.74. The van der Waals surface area contributed by atoms with Crippen LogP contribution in [0.1, 0.15) is 26.7 Å². The molecule has 2 saturated heterocycles. The van der Waals surface area contributed by atoms with E-state index in [1.54, 1.807) is 12.1 Å². The SMILES string of the molecule is CC1CCN(c2ccccc2N)C1.CC1CCN(c2ccccc2[N+](=O)[O-])C1. The number of nitrogens with zero attached hydrogens (tertiary/aromatic N) is 3. The smallest absolute Gasteiger partial charge is 0.292 e. The molecular formula is C22H30N4O2. The lowest BCUT2D eigenvalue weighted by Crippen LogP contribution is -2.20. The number of hydrogen-bond donors (Lipinski definition) is 1. The fraction of sp³-hybridized carbons (Fsp3) is 0.455. The third-order valence-electron chi connectivity index (χ3n) is 5.54. The molecule has 6 heteroatoms. The van der Waals surface area contributed by atoms with Crippen LogP contribution in [-0.2, 0) is 0 Å². The van der Waals surface area contributed by atoms with Gasteiger partial charge in [-0.2, -0.15) is 0 Å². The van der Waals surface area contributed by atoms with Gasteiger partial charge in [-0.05, 0) is 42.9 Å². The van der Waals surface area contributed by atoms with Gasteiger partial charge in [-0.25, -0.2) is 0 Å². The Balaban J connectivity index is 0.000000162. The maximum Gasteiger partial charge on any atom is 0.292 e. The Bertz CT molecular complexity index is 811. The maximum absolute atomic E-state index is 10.8. The average molecular weight is 383 g/mol. The first-order valence-electron chi connectivity index (χ1n) is 10.0. The first-order valence-corrected chi connectivity index (χ1v) is 10.0. The molecule has 0 saturated carbocycles. The molecule has 2 atom stereocenters. The van der Waals surface area contributed by atoms with Gasteiger partial charge < -0.3 is 15.5 Å². The van der Waals surface area contributed by atoms with E-state index >= 15 is 0 Å². The molecule has 0 radical (unpaired) electrons. The molecule has 6 nitrogen and oxygen atoms in total. The van der Waals surface area contributed by atoms with E-state index in [-0.39, 0.29) is 10.6 Å². The predicted molar refractivity (Wildman–Crippen MR) is 116 cm³/mol. The summed E-state index contributed by atoms with van der Waals surface area (Å²) in [6.45, 7) is 8.61. The summed E-state index contributed by atoms with van der Waals surface area (Å²) in [7, 11) is 0. The van der Waals surface area contributed by atoms with Crippen molar-refractivity contribution in [3.05, 3.63) is 58.6 Å². The Morgan fingerprint density at radius 2 is 1.39 bits per heavy atom. The van der Waals surface area contributed by atoms with Crippen LogP contribution >= 0.6 is 0 Å². The van der Waals surface area contributed by atoms with E-state index < -0.39 is 0 Å². The molecule has 0 bridgehead atoms. The molecule has 0 aromatic heterocycles. The molecule has 2 aromatic carbocycles. The standard InChI is InChI=1S/C11H14N2O2.C11H16N2/c1-9-6-7-12(8-9)10-4-2-3-5-11(10)13(14)15;1-9-6-7-13(8-9)11-5-3-2-4-10(11)12/h2-5,9H,6-8H2,1H3;2-5,9H,6-8,12H2,1H3. The molecule has 28 heavy (non-hydrogen) atoms. The zero-order valence-corrected chi connectivity index (χ0v) is 16.8. The highest BCUT2D eigenvalue weighted by Gasteiger charge is 2.24. The molecule has 2 N–H and O–H groups in total. The van der Waals surface area contributed by atoms with Crippen LogP contribution in [0.5, 0.6) is 0 Å². The van der Waals surface area contributed by atoms with Gasteiger partial charge in [0.2, 0.25) is 0 Å². The van der Waals surface area contributed by atoms with Gasteiger partial charge in [-0.1, -0.05) is 38.1 Å². The predicted octanol–water partition coefficient (Wildman–Crippen LogP) is 4.56. The van der Waals surface area contributed by atoms with E-state index in [1.807, 2.05) is 24.3 Å². The highest BCUT2D eigenvalue weighted by molar-refractivity contribution is 5.67. The fourth-order valence-electron chi connectivity index (χ4n) is 3.97. The number of rotatable bonds is 3. The van der Waals surface area contributed by atoms with Gasteiger partial charge in [-0.15, -0.1) is 0 Å². The second-order valence-electron chi connectivity index (χ2n) is 7.98. The summed E-state index contributed by atoms with van der Waals surface area (Å²) in [6.07, 6.45) is 2.40. The second kappa shape index (κ2) is 8.95. The van der Waals surface area contributed by atoms with Crippen LogP contribution < -0.4 is 15.5 Å². The van der Waals surface area contributed by atoms with Crippen molar-refractivity contribution >= 4 is 22.7 Å². The summed E-state index contributed by atoms with van der Waals surface area (Å²) in [6, 6.07) is 15.1. The molecule has 4 rings (SSSR count). The van der Waals surface area contributed by atoms with Crippen LogP contribution in [-0.4, -0.2) is 31.1 Å². The number of nitro benzene ring substituents is 1. The summed E-state index contributed by atoms with van der Waals surface area (Å²) in [5.41, 5.74) is 8.98. The Kier molecular flexibility index (Phi) is 6.39. The van der Waals surface area contributed by atoms with E-state index in [1.165, 1.54) is 12.1 Å². The van der Waals surface area contributed by atoms with Crippen molar-refractivity contribution in [1.29, 1.82) is 0 Å². The molecule has 2 heterocycles. The lowest BCUT2D eigenvalue weighted by atomic mass is 10.2. The minimum atomic E-state index is -0.307. The fourth-order valence-corrected chi connectivity index (χ4v) is 3.97. The van der Waals surface area contributed by atoms with Crippen molar-refractivity contribution in [2.75, 3.05) is 41.7 Å². The molecule has 2 aliphatic rings. The Labute approximate surface area is 167 Å². The van der Waals surface area contributed by atoms with Crippen LogP contribution in [0.3, 0.4) is 0 Å². The Hall–Kier alpha value is -2.76. The molecular weight excluding hydrogens is 352 g/mol. The average Bonchev–Trinajstić information content (AvgIpc) is 3.31. The summed E-state index contributed by atoms with van der Waals surface area (Å²) in [5, 5.41) is 10.8. The van der Waals surface area contributed by atoms with Crippen molar-refractivity contribution < 1.29 is 4.92 Å². The first kappa shape index (κ1) is 20.0. The number of nitrogen functional groups attached to an aromatic ring is 1. The largest absolute Gasteiger partial charge is 0.397 e. The van der Waals surface area contributed by atoms with Gasteiger partial charge in [0.05, 0.1) is 16.3 Å². The van der Waals surface area contributed by atoms with Gasteiger partial charge in [-0.3, -0.25) is 10.1 Å². The van der Waals surface area contributed by atoms with E-state index in [0.717, 1.165) is 49.9 Å². The zero-order chi connectivity index (χ0) is 20.1. The highest BCUT2D eigenvalue weighted by atomic mass is 16.6. The summed E-state index contributed by atoms with van der Waals surface area (Å²) in [4.78, 5) is 15.0. The summed E-state index contributed by atoms with van der Waals surface area (Å²) >= 11 is 0. The van der Waals surface area contributed by atoms with E-state index in [2.05, 4.69) is 35.8 Å². The maximum atomic E-state index is 10.8. The van der Waals surface area contributed by atoms with Gasteiger partial charge in [0.15, 0.2) is 0 Å². The van der Waals surface area contributed by atoms with E-state index in [0.29, 0.717) is 5.92 Å². The summed E-state index contributed by atoms with van der Waals surface area (Å²) in [5.74, 6) is 1.43. The number of anilines is 3. The molecule has 2 aliphatic heterocycles. The van der Waals surface area contributed by atoms with Crippen LogP contribution in [0.2, 0.25) is 0 Å². The van der Waals surface area contributed by atoms with Crippen LogP contribution in [0.4, 0.5) is 22.7 Å². The minimum Gasteiger partial charge on any atom is -0.397 e. The highest BCUT2D eigenvalue weighted by Crippen LogP contribution is 2.31. The topological polar surface area (TPSA) is 75.6 Å². The molecule has 0 aliphatic carbocycles. The molecule has 150 valence electrons. The van der Waals surface area contributed by atoms with Gasteiger partial charge in [0.25, 0.3) is 5.69 Å². The van der Waals surface area contributed by atoms with Crippen LogP contribution in [0, 0.1) is 22.0 Å². The minimum absolute atomic E-state index is 0.214. The van der Waals surface area contributed by atoms with E-state index in [4.69, 9.17) is 5.73 Å². The zero-order valence-electron chi connectivity index (χ0n) is 16.8. The molecule has 2 fully saturated rings. The van der Waals surface area contributed by atoms with Crippen molar-refractivity contribution in [1.82, 2.24) is 0 Å². The van der Waals surface area contributed by atoms with Gasteiger partial charge in [0.1, 0.15) is 5.69 Å². The van der Waals surface area contributed by atoms with Crippen molar-refractivity contribution in [2.45, 2.75) is 26.7 Å². The lowest BCUT2D eigenvalue weighted by molar-refractivity contribution is -0.384. The number of hydrogen-bond acceptors (Lipinski definition) is 5. The Morgan fingerprint density at radius 1 is 0.893 bits per heavy atom. The summed E-state index contributed by atoms with van der Waals surface area (Å²) < 4.78 is 0. The van der Waals surface area contributed by atoms with Crippen LogP contribution in [0.25, 0.3) is 0 Å². The first-order chi connectivity index (χ1) is 13.5. The Morgan fingerprint density at radius 3 is 1.89 bits per heavy atom. The number of benzene rings is 2. The number of nitrogens with two attached hydrogens (primary N) is 1. The quantitative estimate of drug-likeness (QED) is 0.479. The normalized spacial score (nSPS) is 21.4. The van der Waals surface area contributed by atoms with Crippen molar-refractivity contribution in [2.24, 2.45) is 11.8 Å². The van der Waals surface area contributed by atoms with Gasteiger partial charge in [0, 0.05) is 32.2 Å². The van der Waals surface area contributed by atoms with Crippen molar-refractivity contribution in [3.8, 4) is 0 Å². The number of para-hydroxylation sites is 4. The van der Waals surface area contributed by atoms with Crippen LogP contribution in [0.15, 0.2) is 48.5 Å². The van der Waals surface area contributed by atoms with Gasteiger partial charge >= 0.3 is 0 Å². The lowest BCUT2D eigenvalue weighted by Gasteiger charge is -2.19. The van der Waals surface area contributed by atoms with E-state index in [9.17, 15) is 10.1 Å². The van der Waals surface area contributed by atoms with Crippen molar-refractivity contribution in [3.63, 3.8) is 0 Å². The number of nitro groups is 1. The molecule has 2 aromatic rings. The monoisotopic (exact) mass is 382 g/mol. The molecule has 0 amide bonds. The molecule has 2 unspecified atom stereocenters. The third-order valence-corrected chi connectivity index (χ3v) is 5.54.